The molecule has 3 aromatic heterocycles. The Labute approximate surface area is 253 Å². The van der Waals surface area contributed by atoms with E-state index in [0.29, 0.717) is 5.56 Å². The lowest BCUT2D eigenvalue weighted by atomic mass is 9.87. The molecule has 8 rings (SSSR count). The first kappa shape index (κ1) is 23.4. The standard InChI is InChI=1S/C40H32N2O/c1-40(2,3)25-26-16-18-27(19-17-26)28-20-21-41-35(22-28)32-14-9-13-31-34-23-33-30-12-7-8-15-36(30)42(29-10-5-4-6-11-29)37(33)24-38(34)43-39(31)32/h4-24H,25H2,1-3H3/i25D2. The summed E-state index contributed by atoms with van der Waals surface area (Å²) >= 11 is 0. The molecular weight excluding hydrogens is 524 g/mol. The molecule has 0 saturated heterocycles. The molecule has 0 atom stereocenters. The van der Waals surface area contributed by atoms with Crippen LogP contribution in [0.5, 0.6) is 0 Å². The van der Waals surface area contributed by atoms with E-state index < -0.39 is 11.8 Å². The van der Waals surface area contributed by atoms with Crippen molar-refractivity contribution >= 4 is 43.7 Å². The minimum absolute atomic E-state index is 0.507. The Morgan fingerprint density at radius 3 is 2.26 bits per heavy atom. The summed E-state index contributed by atoms with van der Waals surface area (Å²) < 4.78 is 26.3. The third kappa shape index (κ3) is 4.40. The average Bonchev–Trinajstić information content (AvgIpc) is 3.58. The van der Waals surface area contributed by atoms with E-state index >= 15 is 0 Å². The van der Waals surface area contributed by atoms with Crippen LogP contribution in [0.2, 0.25) is 0 Å². The van der Waals surface area contributed by atoms with Crippen molar-refractivity contribution in [1.82, 2.24) is 9.55 Å². The van der Waals surface area contributed by atoms with Crippen LogP contribution in [0.25, 0.3) is 71.8 Å². The molecule has 0 N–H and O–H groups in total. The normalized spacial score (nSPS) is 13.2. The van der Waals surface area contributed by atoms with Gasteiger partial charge in [0.2, 0.25) is 0 Å². The van der Waals surface area contributed by atoms with Gasteiger partial charge in [0.1, 0.15) is 11.2 Å². The van der Waals surface area contributed by atoms with Crippen molar-refractivity contribution in [3.63, 3.8) is 0 Å². The number of furan rings is 1. The number of hydrogen-bond acceptors (Lipinski definition) is 2. The molecule has 0 bridgehead atoms. The third-order valence-corrected chi connectivity index (χ3v) is 8.08. The Kier molecular flexibility index (Phi) is 5.29. The van der Waals surface area contributed by atoms with Gasteiger partial charge in [0, 0.05) is 47.8 Å². The molecule has 0 saturated carbocycles. The van der Waals surface area contributed by atoms with E-state index in [4.69, 9.17) is 12.1 Å². The molecule has 3 heterocycles. The van der Waals surface area contributed by atoms with E-state index in [1.807, 2.05) is 63.4 Å². The average molecular weight is 559 g/mol. The predicted octanol–water partition coefficient (Wildman–Crippen LogP) is 11.0. The molecule has 0 fully saturated rings. The van der Waals surface area contributed by atoms with Crippen LogP contribution in [0.3, 0.4) is 0 Å². The van der Waals surface area contributed by atoms with Crippen molar-refractivity contribution in [1.29, 1.82) is 0 Å². The van der Waals surface area contributed by atoms with Gasteiger partial charge < -0.3 is 8.98 Å². The van der Waals surface area contributed by atoms with E-state index in [1.165, 1.54) is 16.3 Å². The van der Waals surface area contributed by atoms with Gasteiger partial charge in [-0.2, -0.15) is 0 Å². The maximum Gasteiger partial charge on any atom is 0.144 e. The lowest BCUT2D eigenvalue weighted by Gasteiger charge is -2.18. The molecule has 0 aliphatic heterocycles. The molecule has 43 heavy (non-hydrogen) atoms. The summed E-state index contributed by atoms with van der Waals surface area (Å²) in [7, 11) is 0. The second kappa shape index (κ2) is 9.71. The Morgan fingerprint density at radius 1 is 0.674 bits per heavy atom. The van der Waals surface area contributed by atoms with Gasteiger partial charge in [-0.15, -0.1) is 0 Å². The fourth-order valence-electron chi connectivity index (χ4n) is 6.25. The molecule has 3 heteroatoms. The fourth-order valence-corrected chi connectivity index (χ4v) is 6.25. The highest BCUT2D eigenvalue weighted by Gasteiger charge is 2.18. The molecular formula is C40H32N2O. The highest BCUT2D eigenvalue weighted by molar-refractivity contribution is 6.18. The fraction of sp³-hybridized carbons (Fsp3) is 0.125. The molecule has 0 spiro atoms. The molecule has 0 aliphatic carbocycles. The summed E-state index contributed by atoms with van der Waals surface area (Å²) in [6.07, 6.45) is 0.393. The Balaban J connectivity index is 1.26. The van der Waals surface area contributed by atoms with E-state index in [9.17, 15) is 0 Å². The third-order valence-electron chi connectivity index (χ3n) is 8.08. The number of aromatic nitrogens is 2. The van der Waals surface area contributed by atoms with Crippen molar-refractivity contribution in [2.45, 2.75) is 27.1 Å². The predicted molar refractivity (Wildman–Crippen MR) is 180 cm³/mol. The van der Waals surface area contributed by atoms with Crippen LogP contribution >= 0.6 is 0 Å². The monoisotopic (exact) mass is 558 g/mol. The van der Waals surface area contributed by atoms with Gasteiger partial charge in [0.25, 0.3) is 0 Å². The van der Waals surface area contributed by atoms with Gasteiger partial charge in [-0.05, 0) is 70.9 Å². The van der Waals surface area contributed by atoms with Crippen LogP contribution < -0.4 is 0 Å². The summed E-state index contributed by atoms with van der Waals surface area (Å²) in [5.41, 5.74) is 9.01. The number of para-hydroxylation sites is 3. The molecule has 8 aromatic rings. The number of pyridine rings is 1. The van der Waals surface area contributed by atoms with E-state index in [1.54, 1.807) is 0 Å². The lowest BCUT2D eigenvalue weighted by molar-refractivity contribution is 0.411. The van der Waals surface area contributed by atoms with Crippen LogP contribution in [0.4, 0.5) is 0 Å². The maximum atomic E-state index is 8.64. The van der Waals surface area contributed by atoms with Crippen LogP contribution in [0.1, 0.15) is 29.1 Å². The van der Waals surface area contributed by atoms with Crippen LogP contribution in [0.15, 0.2) is 132 Å². The topological polar surface area (TPSA) is 31.0 Å². The molecule has 0 radical (unpaired) electrons. The second-order valence-electron chi connectivity index (χ2n) is 12.2. The number of fused-ring (bicyclic) bond motifs is 6. The highest BCUT2D eigenvalue weighted by Crippen LogP contribution is 2.41. The van der Waals surface area contributed by atoms with Crippen molar-refractivity contribution < 1.29 is 7.16 Å². The van der Waals surface area contributed by atoms with Gasteiger partial charge in [0.05, 0.1) is 16.7 Å². The zero-order valence-corrected chi connectivity index (χ0v) is 24.4. The summed E-state index contributed by atoms with van der Waals surface area (Å²) in [4.78, 5) is 4.76. The minimum Gasteiger partial charge on any atom is -0.455 e. The maximum absolute atomic E-state index is 8.64. The first-order valence-electron chi connectivity index (χ1n) is 15.7. The summed E-state index contributed by atoms with van der Waals surface area (Å²) in [6, 6.07) is 41.6. The number of benzene rings is 5. The molecule has 5 aromatic carbocycles. The van der Waals surface area contributed by atoms with Gasteiger partial charge in [-0.25, -0.2) is 0 Å². The molecule has 0 aliphatic rings. The molecule has 0 unspecified atom stereocenters. The van der Waals surface area contributed by atoms with Gasteiger partial charge in [-0.3, -0.25) is 4.98 Å². The Hall–Kier alpha value is -5.15. The van der Waals surface area contributed by atoms with Crippen molar-refractivity contribution in [3.8, 4) is 28.1 Å². The van der Waals surface area contributed by atoms with Crippen LogP contribution in [0, 0.1) is 5.41 Å². The lowest BCUT2D eigenvalue weighted by Crippen LogP contribution is -2.08. The Bertz CT molecular complexity index is 2380. The van der Waals surface area contributed by atoms with Gasteiger partial charge >= 0.3 is 0 Å². The van der Waals surface area contributed by atoms with Crippen LogP contribution in [-0.2, 0) is 6.37 Å². The summed E-state index contributed by atoms with van der Waals surface area (Å²) in [5.74, 6) is 0. The molecule has 3 nitrogen and oxygen atoms in total. The zero-order valence-electron chi connectivity index (χ0n) is 26.4. The number of rotatable bonds is 4. The smallest absolute Gasteiger partial charge is 0.144 e. The molecule has 0 amide bonds. The zero-order chi connectivity index (χ0) is 30.9. The van der Waals surface area contributed by atoms with Crippen molar-refractivity contribution in [3.05, 3.63) is 133 Å². The van der Waals surface area contributed by atoms with E-state index in [0.717, 1.165) is 55.5 Å². The van der Waals surface area contributed by atoms with Crippen molar-refractivity contribution in [2.24, 2.45) is 5.41 Å². The van der Waals surface area contributed by atoms with E-state index in [2.05, 4.69) is 89.5 Å². The number of hydrogen-bond donors (Lipinski definition) is 0. The Morgan fingerprint density at radius 2 is 1.44 bits per heavy atom. The largest absolute Gasteiger partial charge is 0.455 e. The first-order chi connectivity index (χ1) is 21.7. The van der Waals surface area contributed by atoms with Gasteiger partial charge in [0.15, 0.2) is 0 Å². The first-order valence-corrected chi connectivity index (χ1v) is 14.7. The SMILES string of the molecule is [2H]C([2H])(c1ccc(-c2ccnc(-c3cccc4c3oc3cc5c(cc34)c3ccccc3n5-c3ccccc3)c2)cc1)C(C)(C)C. The highest BCUT2D eigenvalue weighted by atomic mass is 16.3. The summed E-state index contributed by atoms with van der Waals surface area (Å²) in [6.45, 7) is 5.79. The minimum atomic E-state index is -1.44. The summed E-state index contributed by atoms with van der Waals surface area (Å²) in [5, 5.41) is 4.53. The van der Waals surface area contributed by atoms with Crippen molar-refractivity contribution in [2.75, 3.05) is 0 Å². The second-order valence-corrected chi connectivity index (χ2v) is 12.2. The quantitative estimate of drug-likeness (QED) is 0.215. The van der Waals surface area contributed by atoms with E-state index in [-0.39, 0.29) is 0 Å². The molecule has 208 valence electrons. The van der Waals surface area contributed by atoms with Crippen LogP contribution in [-0.4, -0.2) is 9.55 Å². The van der Waals surface area contributed by atoms with Gasteiger partial charge in [-0.1, -0.05) is 93.6 Å². The number of nitrogens with zero attached hydrogens (tertiary/aromatic N) is 2.